The summed E-state index contributed by atoms with van der Waals surface area (Å²) in [6.07, 6.45) is 0. The van der Waals surface area contributed by atoms with Gasteiger partial charge in [-0.2, -0.15) is 0 Å². The molecule has 0 aromatic heterocycles. The maximum Gasteiger partial charge on any atom is 0.214 e. The van der Waals surface area contributed by atoms with Crippen molar-refractivity contribution in [2.24, 2.45) is 4.66 Å². The Balaban J connectivity index is 4.09. The molecule has 0 saturated carbocycles. The smallest absolute Gasteiger partial charge is 0.214 e. The van der Waals surface area contributed by atoms with Crippen LogP contribution in [0.25, 0.3) is 0 Å². The van der Waals surface area contributed by atoms with Crippen LogP contribution < -0.4 is 0 Å². The van der Waals surface area contributed by atoms with E-state index in [1.54, 1.807) is 0 Å². The molecule has 0 rings (SSSR count). The molecule has 0 saturated heterocycles. The summed E-state index contributed by atoms with van der Waals surface area (Å²) in [5.41, 5.74) is 0. The third kappa shape index (κ3) is 4.03. The predicted molar refractivity (Wildman–Crippen MR) is 51.0 cm³/mol. The van der Waals surface area contributed by atoms with E-state index in [1.807, 2.05) is 38.0 Å². The van der Waals surface area contributed by atoms with Crippen molar-refractivity contribution < 1.29 is 0 Å². The lowest BCUT2D eigenvalue weighted by Crippen LogP contribution is -2.35. The van der Waals surface area contributed by atoms with Crippen molar-refractivity contribution in [1.82, 2.24) is 9.80 Å². The van der Waals surface area contributed by atoms with E-state index in [-0.39, 0.29) is 0 Å². The highest BCUT2D eigenvalue weighted by atomic mass is 28.2. The second-order valence-electron chi connectivity index (χ2n) is 2.71. The molecule has 0 aliphatic rings. The van der Waals surface area contributed by atoms with Crippen molar-refractivity contribution in [2.75, 3.05) is 28.2 Å². The molecule has 0 aliphatic heterocycles. The number of guanidine groups is 1. The number of hydrogen-bond acceptors (Lipinski definition) is 1. The molecule has 3 nitrogen and oxygen atoms in total. The highest BCUT2D eigenvalue weighted by molar-refractivity contribution is 6.35. The Morgan fingerprint density at radius 2 is 1.64 bits per heavy atom. The molecule has 0 aromatic rings. The summed E-state index contributed by atoms with van der Waals surface area (Å²) in [6, 6.07) is 1.13. The molecule has 11 heavy (non-hydrogen) atoms. The van der Waals surface area contributed by atoms with Crippen LogP contribution in [0.1, 0.15) is 6.92 Å². The molecule has 0 amide bonds. The fourth-order valence-electron chi connectivity index (χ4n) is 0.750. The first-order chi connectivity index (χ1) is 5.09. The third-order valence-corrected chi connectivity index (χ3v) is 1.81. The first-order valence-electron chi connectivity index (χ1n) is 3.74. The molecule has 2 radical (unpaired) electrons. The molecule has 0 aromatic carbocycles. The first kappa shape index (κ1) is 10.5. The Morgan fingerprint density at radius 3 is 1.91 bits per heavy atom. The summed E-state index contributed by atoms with van der Waals surface area (Å²) in [5.74, 6) is 1.05. The van der Waals surface area contributed by atoms with Crippen LogP contribution in [0.5, 0.6) is 0 Å². The second kappa shape index (κ2) is 5.18. The molecule has 0 bridgehead atoms. The van der Waals surface area contributed by atoms with Gasteiger partial charge in [0, 0.05) is 28.2 Å². The van der Waals surface area contributed by atoms with Crippen LogP contribution in [-0.2, 0) is 0 Å². The Hall–Kier alpha value is -0.513. The summed E-state index contributed by atoms with van der Waals surface area (Å²) in [4.78, 5) is 4.06. The molecule has 0 N–H and O–H groups in total. The Kier molecular flexibility index (Phi) is 4.94. The fraction of sp³-hybridized carbons (Fsp3) is 0.857. The average Bonchev–Trinajstić information content (AvgIpc) is 1.87. The lowest BCUT2D eigenvalue weighted by molar-refractivity contribution is 0.486. The Bertz CT molecular complexity index is 122. The van der Waals surface area contributed by atoms with Crippen molar-refractivity contribution in [1.29, 1.82) is 0 Å². The minimum absolute atomic E-state index is 0.685. The standard InChI is InChI=1S/C7H17N3Si/c1-6-11-8-7(9(2)3)10(4)5/h6H2,1-5H3. The summed E-state index contributed by atoms with van der Waals surface area (Å²) >= 11 is 0. The van der Waals surface area contributed by atoms with Crippen molar-refractivity contribution >= 4 is 15.6 Å². The van der Waals surface area contributed by atoms with E-state index in [0.29, 0.717) is 9.68 Å². The molecule has 0 unspecified atom stereocenters. The zero-order chi connectivity index (χ0) is 8.85. The lowest BCUT2D eigenvalue weighted by atomic mass is 10.7. The van der Waals surface area contributed by atoms with Gasteiger partial charge in [0.1, 0.15) is 0 Å². The van der Waals surface area contributed by atoms with Gasteiger partial charge in [-0.25, -0.2) is 0 Å². The van der Waals surface area contributed by atoms with E-state index in [9.17, 15) is 0 Å². The predicted octanol–water partition coefficient (Wildman–Crippen LogP) is 0.523. The van der Waals surface area contributed by atoms with Crippen LogP contribution in [0.3, 0.4) is 0 Å². The van der Waals surface area contributed by atoms with Crippen molar-refractivity contribution in [3.8, 4) is 0 Å². The van der Waals surface area contributed by atoms with Gasteiger partial charge in [0.2, 0.25) is 9.68 Å². The summed E-state index contributed by atoms with van der Waals surface area (Å²) in [5, 5.41) is 0. The molecule has 64 valence electrons. The van der Waals surface area contributed by atoms with Gasteiger partial charge < -0.3 is 9.80 Å². The molecule has 0 atom stereocenters. The quantitative estimate of drug-likeness (QED) is 0.343. The molecule has 4 heteroatoms. The normalized spacial score (nSPS) is 9.18. The molecular formula is C7H17N3Si. The monoisotopic (exact) mass is 171 g/mol. The third-order valence-electron chi connectivity index (χ3n) is 1.14. The van der Waals surface area contributed by atoms with Gasteiger partial charge >= 0.3 is 0 Å². The number of nitrogens with zero attached hydrogens (tertiary/aromatic N) is 3. The van der Waals surface area contributed by atoms with Crippen molar-refractivity contribution in [3.05, 3.63) is 0 Å². The van der Waals surface area contributed by atoms with E-state index in [4.69, 9.17) is 0 Å². The van der Waals surface area contributed by atoms with Gasteiger partial charge in [0.15, 0.2) is 5.96 Å². The van der Waals surface area contributed by atoms with Crippen LogP contribution in [0.4, 0.5) is 0 Å². The fourth-order valence-corrected chi connectivity index (χ4v) is 1.45. The summed E-state index contributed by atoms with van der Waals surface area (Å²) in [6.45, 7) is 2.14. The summed E-state index contributed by atoms with van der Waals surface area (Å²) < 4.78 is 4.44. The highest BCUT2D eigenvalue weighted by Gasteiger charge is 2.01. The first-order valence-corrected chi connectivity index (χ1v) is 4.90. The zero-order valence-electron chi connectivity index (χ0n) is 8.05. The van der Waals surface area contributed by atoms with Crippen LogP contribution in [0, 0.1) is 0 Å². The minimum atomic E-state index is 0.685. The Morgan fingerprint density at radius 1 is 1.18 bits per heavy atom. The second-order valence-corrected chi connectivity index (χ2v) is 3.96. The molecule has 0 heterocycles. The zero-order valence-corrected chi connectivity index (χ0v) is 9.05. The minimum Gasteiger partial charge on any atom is -0.350 e. The van der Waals surface area contributed by atoms with Crippen LogP contribution in [-0.4, -0.2) is 53.6 Å². The van der Waals surface area contributed by atoms with Gasteiger partial charge in [-0.05, 0) is 6.04 Å². The number of hydrogen-bond donors (Lipinski definition) is 0. The van der Waals surface area contributed by atoms with E-state index in [0.717, 1.165) is 12.0 Å². The topological polar surface area (TPSA) is 18.8 Å². The molecule has 0 aliphatic carbocycles. The number of rotatable bonds is 2. The van der Waals surface area contributed by atoms with Crippen LogP contribution in [0.15, 0.2) is 4.66 Å². The molecular weight excluding hydrogens is 154 g/mol. The van der Waals surface area contributed by atoms with E-state index in [1.165, 1.54) is 0 Å². The largest absolute Gasteiger partial charge is 0.350 e. The van der Waals surface area contributed by atoms with Gasteiger partial charge in [-0.3, -0.25) is 4.66 Å². The van der Waals surface area contributed by atoms with E-state index < -0.39 is 0 Å². The maximum absolute atomic E-state index is 4.44. The highest BCUT2D eigenvalue weighted by Crippen LogP contribution is 1.88. The Labute approximate surface area is 72.0 Å². The van der Waals surface area contributed by atoms with E-state index >= 15 is 0 Å². The van der Waals surface area contributed by atoms with Crippen molar-refractivity contribution in [2.45, 2.75) is 13.0 Å². The van der Waals surface area contributed by atoms with Gasteiger partial charge in [-0.15, -0.1) is 0 Å². The summed E-state index contributed by atoms with van der Waals surface area (Å²) in [7, 11) is 8.74. The lowest BCUT2D eigenvalue weighted by Gasteiger charge is -2.22. The van der Waals surface area contributed by atoms with Gasteiger partial charge in [-0.1, -0.05) is 6.92 Å². The molecule has 0 spiro atoms. The van der Waals surface area contributed by atoms with Crippen LogP contribution >= 0.6 is 0 Å². The van der Waals surface area contributed by atoms with E-state index in [2.05, 4.69) is 11.6 Å². The SMILES string of the molecule is CC[Si]N=C(N(C)C)N(C)C. The van der Waals surface area contributed by atoms with Gasteiger partial charge in [0.25, 0.3) is 0 Å². The maximum atomic E-state index is 4.44. The molecule has 0 fully saturated rings. The van der Waals surface area contributed by atoms with Crippen LogP contribution in [0.2, 0.25) is 6.04 Å². The van der Waals surface area contributed by atoms with Crippen molar-refractivity contribution in [3.63, 3.8) is 0 Å². The average molecular weight is 171 g/mol. The van der Waals surface area contributed by atoms with Gasteiger partial charge in [0.05, 0.1) is 0 Å².